The van der Waals surface area contributed by atoms with Crippen molar-refractivity contribution in [1.82, 2.24) is 0 Å². The minimum absolute atomic E-state index is 0.0368. The summed E-state index contributed by atoms with van der Waals surface area (Å²) in [6.45, 7) is -0.0654. The highest BCUT2D eigenvalue weighted by atomic mass is 35.5. The van der Waals surface area contributed by atoms with E-state index in [4.69, 9.17) is 21.4 Å². The first kappa shape index (κ1) is 15.4. The molecule has 0 aliphatic heterocycles. The maximum Gasteiger partial charge on any atom is 0.262 e. The number of aliphatic hydroxyl groups excluding tert-OH is 1. The summed E-state index contributed by atoms with van der Waals surface area (Å²) >= 11 is 5.85. The highest BCUT2D eigenvalue weighted by molar-refractivity contribution is 6.30. The topological polar surface area (TPSA) is 58.6 Å². The Morgan fingerprint density at radius 1 is 1.19 bits per heavy atom. The maximum atomic E-state index is 11.8. The lowest BCUT2D eigenvalue weighted by Crippen LogP contribution is -2.20. The first-order chi connectivity index (χ1) is 10.2. The Kier molecular flexibility index (Phi) is 5.60. The number of aliphatic hydroxyl groups is 1. The quantitative estimate of drug-likeness (QED) is 0.863. The molecular formula is C16H16ClNO3. The fourth-order valence-electron chi connectivity index (χ4n) is 1.88. The monoisotopic (exact) mass is 305 g/mol. The third-order valence-corrected chi connectivity index (χ3v) is 3.06. The molecule has 2 aromatic rings. The predicted octanol–water partition coefficient (Wildman–Crippen LogP) is 2.89. The van der Waals surface area contributed by atoms with Crippen LogP contribution >= 0.6 is 11.6 Å². The van der Waals surface area contributed by atoms with Gasteiger partial charge in [-0.2, -0.15) is 0 Å². The van der Waals surface area contributed by atoms with E-state index in [0.717, 1.165) is 5.56 Å². The van der Waals surface area contributed by atoms with E-state index in [-0.39, 0.29) is 19.1 Å². The van der Waals surface area contributed by atoms with Crippen molar-refractivity contribution in [3.05, 3.63) is 59.1 Å². The minimum atomic E-state index is -0.268. The Morgan fingerprint density at radius 2 is 2.00 bits per heavy atom. The molecule has 21 heavy (non-hydrogen) atoms. The molecule has 0 unspecified atom stereocenters. The van der Waals surface area contributed by atoms with Crippen LogP contribution in [0.4, 0.5) is 5.69 Å². The molecule has 110 valence electrons. The van der Waals surface area contributed by atoms with Gasteiger partial charge in [0, 0.05) is 17.3 Å². The van der Waals surface area contributed by atoms with Crippen molar-refractivity contribution in [2.24, 2.45) is 0 Å². The SMILES string of the molecule is O=C(COc1ccccc1CCO)Nc1cccc(Cl)c1. The Bertz CT molecular complexity index is 616. The molecule has 0 radical (unpaired) electrons. The summed E-state index contributed by atoms with van der Waals surface area (Å²) in [5, 5.41) is 12.3. The highest BCUT2D eigenvalue weighted by Gasteiger charge is 2.07. The second kappa shape index (κ2) is 7.67. The molecular weight excluding hydrogens is 290 g/mol. The van der Waals surface area contributed by atoms with Crippen molar-refractivity contribution < 1.29 is 14.6 Å². The number of carbonyl (C=O) groups excluding carboxylic acids is 1. The van der Waals surface area contributed by atoms with E-state index in [2.05, 4.69) is 5.32 Å². The molecule has 0 fully saturated rings. The molecule has 2 aromatic carbocycles. The van der Waals surface area contributed by atoms with Gasteiger partial charge in [-0.15, -0.1) is 0 Å². The van der Waals surface area contributed by atoms with Crippen molar-refractivity contribution in [2.45, 2.75) is 6.42 Å². The summed E-state index contributed by atoms with van der Waals surface area (Å²) in [6.07, 6.45) is 0.492. The zero-order valence-corrected chi connectivity index (χ0v) is 12.1. The van der Waals surface area contributed by atoms with Gasteiger partial charge in [0.2, 0.25) is 0 Å². The normalized spacial score (nSPS) is 10.2. The maximum absolute atomic E-state index is 11.8. The highest BCUT2D eigenvalue weighted by Crippen LogP contribution is 2.18. The lowest BCUT2D eigenvalue weighted by atomic mass is 10.1. The Morgan fingerprint density at radius 3 is 2.76 bits per heavy atom. The van der Waals surface area contributed by atoms with Gasteiger partial charge in [0.15, 0.2) is 6.61 Å². The zero-order chi connectivity index (χ0) is 15.1. The van der Waals surface area contributed by atoms with Crippen LogP contribution in [0.25, 0.3) is 0 Å². The number of para-hydroxylation sites is 1. The Balaban J connectivity index is 1.92. The van der Waals surface area contributed by atoms with Crippen molar-refractivity contribution in [2.75, 3.05) is 18.5 Å². The van der Waals surface area contributed by atoms with Gasteiger partial charge in [0.05, 0.1) is 0 Å². The van der Waals surface area contributed by atoms with E-state index in [1.165, 1.54) is 0 Å². The number of hydrogen-bond donors (Lipinski definition) is 2. The molecule has 0 bridgehead atoms. The van der Waals surface area contributed by atoms with Crippen molar-refractivity contribution in [1.29, 1.82) is 0 Å². The summed E-state index contributed by atoms with van der Waals surface area (Å²) in [7, 11) is 0. The van der Waals surface area contributed by atoms with Gasteiger partial charge in [-0.3, -0.25) is 4.79 Å². The molecule has 1 amide bonds. The van der Waals surface area contributed by atoms with E-state index in [9.17, 15) is 4.79 Å². The third kappa shape index (κ3) is 4.77. The molecule has 0 atom stereocenters. The van der Waals surface area contributed by atoms with Crippen molar-refractivity contribution in [3.8, 4) is 5.75 Å². The molecule has 0 spiro atoms. The van der Waals surface area contributed by atoms with Crippen LogP contribution in [-0.2, 0) is 11.2 Å². The minimum Gasteiger partial charge on any atom is -0.483 e. The third-order valence-electron chi connectivity index (χ3n) is 2.82. The van der Waals surface area contributed by atoms with E-state index < -0.39 is 0 Å². The van der Waals surface area contributed by atoms with Crippen LogP contribution < -0.4 is 10.1 Å². The summed E-state index contributed by atoms with van der Waals surface area (Å²) in [5.41, 5.74) is 1.50. The molecule has 0 aliphatic rings. The van der Waals surface area contributed by atoms with E-state index in [0.29, 0.717) is 22.9 Å². The van der Waals surface area contributed by atoms with Crippen LogP contribution in [0.15, 0.2) is 48.5 Å². The van der Waals surface area contributed by atoms with Crippen LogP contribution in [-0.4, -0.2) is 24.2 Å². The lowest BCUT2D eigenvalue weighted by Gasteiger charge is -2.11. The molecule has 2 N–H and O–H groups in total. The van der Waals surface area contributed by atoms with Crippen LogP contribution in [0.3, 0.4) is 0 Å². The number of hydrogen-bond acceptors (Lipinski definition) is 3. The van der Waals surface area contributed by atoms with Gasteiger partial charge in [-0.1, -0.05) is 35.9 Å². The summed E-state index contributed by atoms with van der Waals surface area (Å²) in [6, 6.07) is 14.2. The average molecular weight is 306 g/mol. The van der Waals surface area contributed by atoms with E-state index in [1.54, 1.807) is 30.3 Å². The first-order valence-corrected chi connectivity index (χ1v) is 6.94. The molecule has 0 aromatic heterocycles. The number of rotatable bonds is 6. The fraction of sp³-hybridized carbons (Fsp3) is 0.188. The number of nitrogens with one attached hydrogen (secondary N) is 1. The lowest BCUT2D eigenvalue weighted by molar-refractivity contribution is -0.118. The van der Waals surface area contributed by atoms with Gasteiger partial charge in [0.25, 0.3) is 5.91 Å². The van der Waals surface area contributed by atoms with Crippen LogP contribution in [0, 0.1) is 0 Å². The molecule has 5 heteroatoms. The molecule has 0 heterocycles. The van der Waals surface area contributed by atoms with Gasteiger partial charge >= 0.3 is 0 Å². The second-order valence-electron chi connectivity index (χ2n) is 4.43. The summed E-state index contributed by atoms with van der Waals surface area (Å²) < 4.78 is 5.50. The smallest absolute Gasteiger partial charge is 0.262 e. The van der Waals surface area contributed by atoms with Gasteiger partial charge in [-0.05, 0) is 36.2 Å². The fourth-order valence-corrected chi connectivity index (χ4v) is 2.07. The largest absolute Gasteiger partial charge is 0.483 e. The number of amides is 1. The van der Waals surface area contributed by atoms with Crippen LogP contribution in [0.2, 0.25) is 5.02 Å². The average Bonchev–Trinajstić information content (AvgIpc) is 2.47. The summed E-state index contributed by atoms with van der Waals surface area (Å²) in [5.74, 6) is 0.337. The zero-order valence-electron chi connectivity index (χ0n) is 11.4. The number of benzene rings is 2. The second-order valence-corrected chi connectivity index (χ2v) is 4.86. The Labute approximate surface area is 128 Å². The molecule has 4 nitrogen and oxygen atoms in total. The van der Waals surface area contributed by atoms with Crippen LogP contribution in [0.5, 0.6) is 5.75 Å². The Hall–Kier alpha value is -2.04. The van der Waals surface area contributed by atoms with Crippen LogP contribution in [0.1, 0.15) is 5.56 Å². The standard InChI is InChI=1S/C16H16ClNO3/c17-13-5-3-6-14(10-13)18-16(20)11-21-15-7-2-1-4-12(15)8-9-19/h1-7,10,19H,8-9,11H2,(H,18,20). The van der Waals surface area contributed by atoms with Crippen molar-refractivity contribution in [3.63, 3.8) is 0 Å². The summed E-state index contributed by atoms with van der Waals surface area (Å²) in [4.78, 5) is 11.8. The van der Waals surface area contributed by atoms with E-state index >= 15 is 0 Å². The number of anilines is 1. The first-order valence-electron chi connectivity index (χ1n) is 6.56. The number of ether oxygens (including phenoxy) is 1. The number of halogens is 1. The number of carbonyl (C=O) groups is 1. The molecule has 0 saturated heterocycles. The van der Waals surface area contributed by atoms with Gasteiger partial charge in [-0.25, -0.2) is 0 Å². The van der Waals surface area contributed by atoms with E-state index in [1.807, 2.05) is 18.2 Å². The predicted molar refractivity (Wildman–Crippen MR) is 82.8 cm³/mol. The van der Waals surface area contributed by atoms with Gasteiger partial charge < -0.3 is 15.2 Å². The van der Waals surface area contributed by atoms with Gasteiger partial charge in [0.1, 0.15) is 5.75 Å². The molecule has 2 rings (SSSR count). The van der Waals surface area contributed by atoms with Crippen molar-refractivity contribution >= 4 is 23.2 Å². The molecule has 0 aliphatic carbocycles. The molecule has 0 saturated carbocycles.